The molecule has 106 valence electrons. The molecule has 2 atom stereocenters. The molecule has 3 rings (SSSR count). The molecule has 1 aromatic carbocycles. The van der Waals surface area contributed by atoms with Crippen LogP contribution in [0.15, 0.2) is 29.5 Å². The lowest BCUT2D eigenvalue weighted by Crippen LogP contribution is -2.58. The molecule has 5 heteroatoms. The number of amides is 1. The molecule has 0 radical (unpaired) electrons. The summed E-state index contributed by atoms with van der Waals surface area (Å²) in [4.78, 5) is 12.2. The number of piperidine rings is 1. The maximum Gasteiger partial charge on any atom is 0.254 e. The van der Waals surface area contributed by atoms with Crippen molar-refractivity contribution in [3.63, 3.8) is 0 Å². The maximum atomic E-state index is 12.2. The number of fused-ring (bicyclic) bond motifs is 4. The summed E-state index contributed by atoms with van der Waals surface area (Å²) in [6.07, 6.45) is 0.589. The quantitative estimate of drug-likeness (QED) is 0.609. The van der Waals surface area contributed by atoms with Crippen LogP contribution in [-0.4, -0.2) is 23.8 Å². The Bertz CT molecular complexity index is 618. The number of ether oxygens (including phenoxy) is 2. The van der Waals surface area contributed by atoms with Crippen molar-refractivity contribution in [3.8, 4) is 11.5 Å². The summed E-state index contributed by atoms with van der Waals surface area (Å²) in [5, 5.41) is 12.7. The highest BCUT2D eigenvalue weighted by atomic mass is 16.5. The third-order valence-electron chi connectivity index (χ3n) is 3.89. The van der Waals surface area contributed by atoms with Crippen LogP contribution in [0.2, 0.25) is 0 Å². The molecule has 2 heterocycles. The van der Waals surface area contributed by atoms with Crippen molar-refractivity contribution in [2.24, 2.45) is 0 Å². The van der Waals surface area contributed by atoms with Crippen molar-refractivity contribution < 1.29 is 19.4 Å². The first-order chi connectivity index (χ1) is 9.45. The number of aliphatic hydroxyl groups is 1. The normalized spacial score (nSPS) is 29.9. The Morgan fingerprint density at radius 2 is 2.30 bits per heavy atom. The van der Waals surface area contributed by atoms with Gasteiger partial charge < -0.3 is 19.9 Å². The van der Waals surface area contributed by atoms with Gasteiger partial charge in [0.1, 0.15) is 0 Å². The van der Waals surface area contributed by atoms with E-state index < -0.39 is 5.72 Å². The number of hydrogen-bond donors (Lipinski definition) is 2. The van der Waals surface area contributed by atoms with Gasteiger partial charge in [0, 0.05) is 17.9 Å². The van der Waals surface area contributed by atoms with Crippen molar-refractivity contribution in [1.29, 1.82) is 0 Å². The van der Waals surface area contributed by atoms with Crippen molar-refractivity contribution in [1.82, 2.24) is 5.32 Å². The van der Waals surface area contributed by atoms with Gasteiger partial charge in [0.25, 0.3) is 5.91 Å². The molecule has 0 saturated carbocycles. The lowest BCUT2D eigenvalue weighted by Gasteiger charge is -2.45. The number of aliphatic hydroxyl groups excluding tert-OH is 1. The highest BCUT2D eigenvalue weighted by Gasteiger charge is 2.48. The van der Waals surface area contributed by atoms with Crippen LogP contribution >= 0.6 is 0 Å². The smallest absolute Gasteiger partial charge is 0.254 e. The van der Waals surface area contributed by atoms with Crippen LogP contribution in [-0.2, 0) is 4.79 Å². The van der Waals surface area contributed by atoms with E-state index in [-0.39, 0.29) is 17.6 Å². The fourth-order valence-electron chi connectivity index (χ4n) is 3.06. The lowest BCUT2D eigenvalue weighted by molar-refractivity contribution is -0.127. The zero-order chi connectivity index (χ0) is 14.5. The molecule has 1 amide bonds. The van der Waals surface area contributed by atoms with Gasteiger partial charge >= 0.3 is 0 Å². The van der Waals surface area contributed by atoms with E-state index in [1.165, 1.54) is 6.92 Å². The fourth-order valence-corrected chi connectivity index (χ4v) is 3.06. The molecule has 20 heavy (non-hydrogen) atoms. The zero-order valence-corrected chi connectivity index (χ0v) is 11.7. The molecule has 0 aliphatic carbocycles. The number of carbonyl (C=O) groups excluding carboxylic acids is 1. The van der Waals surface area contributed by atoms with Gasteiger partial charge in [-0.3, -0.25) is 4.79 Å². The van der Waals surface area contributed by atoms with Gasteiger partial charge in [-0.1, -0.05) is 12.1 Å². The van der Waals surface area contributed by atoms with E-state index in [0.29, 0.717) is 23.5 Å². The van der Waals surface area contributed by atoms with E-state index in [0.717, 1.165) is 5.56 Å². The second-order valence-corrected chi connectivity index (χ2v) is 5.42. The second-order valence-electron chi connectivity index (χ2n) is 5.42. The van der Waals surface area contributed by atoms with Gasteiger partial charge in [0.05, 0.1) is 18.4 Å². The van der Waals surface area contributed by atoms with Gasteiger partial charge in [-0.15, -0.1) is 0 Å². The monoisotopic (exact) mass is 275 g/mol. The van der Waals surface area contributed by atoms with Crippen LogP contribution in [0.5, 0.6) is 11.5 Å². The van der Waals surface area contributed by atoms with Crippen molar-refractivity contribution >= 4 is 5.91 Å². The predicted octanol–water partition coefficient (Wildman–Crippen LogP) is 2.24. The molecule has 1 fully saturated rings. The molecule has 5 nitrogen and oxygen atoms in total. The molecule has 2 aliphatic rings. The van der Waals surface area contributed by atoms with E-state index in [4.69, 9.17) is 9.47 Å². The predicted molar refractivity (Wildman–Crippen MR) is 72.9 cm³/mol. The highest BCUT2D eigenvalue weighted by molar-refractivity contribution is 5.97. The Morgan fingerprint density at radius 1 is 1.55 bits per heavy atom. The van der Waals surface area contributed by atoms with Crippen LogP contribution < -0.4 is 14.8 Å². The molecule has 2 aliphatic heterocycles. The molecule has 2 bridgehead atoms. The Kier molecular flexibility index (Phi) is 2.67. The second kappa shape index (κ2) is 4.16. The van der Waals surface area contributed by atoms with E-state index in [1.807, 2.05) is 25.1 Å². The summed E-state index contributed by atoms with van der Waals surface area (Å²) in [5.74, 6) is 0.844. The first kappa shape index (κ1) is 12.8. The van der Waals surface area contributed by atoms with Crippen molar-refractivity contribution in [2.45, 2.75) is 31.9 Å². The van der Waals surface area contributed by atoms with Gasteiger partial charge in [-0.05, 0) is 19.9 Å². The van der Waals surface area contributed by atoms with Crippen LogP contribution in [0.1, 0.15) is 31.7 Å². The summed E-state index contributed by atoms with van der Waals surface area (Å²) in [5.41, 5.74) is 0.503. The highest BCUT2D eigenvalue weighted by Crippen LogP contribution is 2.50. The third kappa shape index (κ3) is 1.73. The molecule has 0 spiro atoms. The first-order valence-electron chi connectivity index (χ1n) is 6.53. The molecule has 1 aromatic rings. The Balaban J connectivity index is 2.23. The van der Waals surface area contributed by atoms with E-state index >= 15 is 0 Å². The SMILES string of the molecule is COc1cccc2c1O[C@@]1(C)C[C@@H]2/C(=C(\C)O)C(=O)N1. The van der Waals surface area contributed by atoms with Crippen LogP contribution in [0.4, 0.5) is 0 Å². The number of benzene rings is 1. The molecular formula is C15H17NO4. The fraction of sp³-hybridized carbons (Fsp3) is 0.400. The van der Waals surface area contributed by atoms with E-state index in [9.17, 15) is 9.90 Å². The summed E-state index contributed by atoms with van der Waals surface area (Å²) in [6, 6.07) is 5.59. The minimum atomic E-state index is -0.775. The van der Waals surface area contributed by atoms with Gasteiger partial charge in [-0.25, -0.2) is 0 Å². The summed E-state index contributed by atoms with van der Waals surface area (Å²) in [6.45, 7) is 3.36. The molecular weight excluding hydrogens is 258 g/mol. The number of rotatable bonds is 1. The van der Waals surface area contributed by atoms with E-state index in [2.05, 4.69) is 5.32 Å². The number of carbonyl (C=O) groups is 1. The van der Waals surface area contributed by atoms with Crippen molar-refractivity contribution in [3.05, 3.63) is 35.1 Å². The molecule has 0 unspecified atom stereocenters. The minimum Gasteiger partial charge on any atom is -0.512 e. The lowest BCUT2D eigenvalue weighted by atomic mass is 9.78. The largest absolute Gasteiger partial charge is 0.512 e. The van der Waals surface area contributed by atoms with Crippen LogP contribution in [0.3, 0.4) is 0 Å². The average Bonchev–Trinajstić information content (AvgIpc) is 2.36. The third-order valence-corrected chi connectivity index (χ3v) is 3.89. The number of methoxy groups -OCH3 is 1. The number of allylic oxidation sites excluding steroid dienone is 1. The van der Waals surface area contributed by atoms with E-state index in [1.54, 1.807) is 7.11 Å². The summed E-state index contributed by atoms with van der Waals surface area (Å²) >= 11 is 0. The molecule has 0 aromatic heterocycles. The number of hydrogen-bond acceptors (Lipinski definition) is 4. The van der Waals surface area contributed by atoms with Gasteiger partial charge in [0.15, 0.2) is 17.2 Å². The average molecular weight is 275 g/mol. The Hall–Kier alpha value is -2.17. The molecule has 1 saturated heterocycles. The van der Waals surface area contributed by atoms with Crippen LogP contribution in [0, 0.1) is 0 Å². The number of para-hydroxylation sites is 1. The zero-order valence-electron chi connectivity index (χ0n) is 11.7. The topological polar surface area (TPSA) is 67.8 Å². The van der Waals surface area contributed by atoms with Gasteiger partial charge in [-0.2, -0.15) is 0 Å². The van der Waals surface area contributed by atoms with Crippen LogP contribution in [0.25, 0.3) is 0 Å². The van der Waals surface area contributed by atoms with Gasteiger partial charge in [0.2, 0.25) is 0 Å². The maximum absolute atomic E-state index is 12.2. The first-order valence-corrected chi connectivity index (χ1v) is 6.53. The molecule has 2 N–H and O–H groups in total. The summed E-state index contributed by atoms with van der Waals surface area (Å²) in [7, 11) is 1.58. The van der Waals surface area contributed by atoms with Crippen molar-refractivity contribution in [2.75, 3.05) is 7.11 Å². The number of nitrogens with one attached hydrogen (secondary N) is 1. The minimum absolute atomic E-state index is 0.0465. The Labute approximate surface area is 117 Å². The Morgan fingerprint density at radius 3 is 2.95 bits per heavy atom. The summed E-state index contributed by atoms with van der Waals surface area (Å²) < 4.78 is 11.3. The standard InChI is InChI=1S/C15H17NO4/c1-8(17)12-10-7-15(2,16-14(12)18)20-13-9(10)5-4-6-11(13)19-3/h4-6,10,17H,7H2,1-3H3,(H,16,18)/b12-8-/t10-,15-/m0/s1.